The number of rotatable bonds is 5. The molecule has 34 heavy (non-hydrogen) atoms. The van der Waals surface area contributed by atoms with Crippen molar-refractivity contribution < 1.29 is 36.3 Å². The van der Waals surface area contributed by atoms with E-state index in [4.69, 9.17) is 11.6 Å². The van der Waals surface area contributed by atoms with Crippen molar-refractivity contribution in [3.05, 3.63) is 40.7 Å². The van der Waals surface area contributed by atoms with Gasteiger partial charge >= 0.3 is 18.0 Å². The predicted molar refractivity (Wildman–Crippen MR) is 107 cm³/mol. The Labute approximate surface area is 194 Å². The minimum absolute atomic E-state index is 0.0495. The number of nitrogens with one attached hydrogen (secondary N) is 3. The summed E-state index contributed by atoms with van der Waals surface area (Å²) >= 11 is 5.49. The standard InChI is InChI=1S/C19H18ClF5N6O3/c1-8-9(16(32)27-11-3-2-10(21)14(20)15(11)22)4-5-31(8)18(34)17(33)28-12(6-19(23,24)25)13-7-26-30-29-13/h2-3,7-9,12H,4-6H2,1H3,(H,27,32)(H,28,33)(H,26,29,30)/t8-,9-,12?/m0/s1. The van der Waals surface area contributed by atoms with Crippen LogP contribution in [0.25, 0.3) is 0 Å². The van der Waals surface area contributed by atoms with E-state index in [1.54, 1.807) is 0 Å². The Balaban J connectivity index is 1.66. The van der Waals surface area contributed by atoms with Crippen LogP contribution in [0.3, 0.4) is 0 Å². The average Bonchev–Trinajstić information content (AvgIpc) is 3.42. The highest BCUT2D eigenvalue weighted by atomic mass is 35.5. The zero-order chi connectivity index (χ0) is 25.2. The van der Waals surface area contributed by atoms with Crippen LogP contribution < -0.4 is 10.6 Å². The topological polar surface area (TPSA) is 120 Å². The van der Waals surface area contributed by atoms with E-state index in [1.807, 2.05) is 5.32 Å². The second-order valence-electron chi connectivity index (χ2n) is 7.59. The molecule has 0 radical (unpaired) electrons. The fourth-order valence-corrected chi connectivity index (χ4v) is 3.78. The van der Waals surface area contributed by atoms with Gasteiger partial charge in [-0.05, 0) is 25.5 Å². The van der Waals surface area contributed by atoms with E-state index in [1.165, 1.54) is 6.92 Å². The fraction of sp³-hybridized carbons (Fsp3) is 0.421. The maximum absolute atomic E-state index is 14.1. The molecule has 0 aliphatic carbocycles. The first-order valence-corrected chi connectivity index (χ1v) is 10.2. The second-order valence-corrected chi connectivity index (χ2v) is 7.96. The lowest BCUT2D eigenvalue weighted by molar-refractivity contribution is -0.151. The number of hydrogen-bond acceptors (Lipinski definition) is 5. The van der Waals surface area contributed by atoms with E-state index in [2.05, 4.69) is 20.7 Å². The molecule has 1 aliphatic heterocycles. The number of nitrogens with zero attached hydrogens (tertiary/aromatic N) is 3. The lowest BCUT2D eigenvalue weighted by Gasteiger charge is -2.25. The minimum atomic E-state index is -4.66. The summed E-state index contributed by atoms with van der Waals surface area (Å²) in [6, 6.07) is -0.649. The van der Waals surface area contributed by atoms with Crippen LogP contribution in [0, 0.1) is 17.6 Å². The van der Waals surface area contributed by atoms with Gasteiger partial charge in [0.25, 0.3) is 0 Å². The molecule has 1 fully saturated rings. The van der Waals surface area contributed by atoms with Gasteiger partial charge in [0.05, 0.1) is 30.3 Å². The number of halogens is 6. The summed E-state index contributed by atoms with van der Waals surface area (Å²) in [7, 11) is 0. The van der Waals surface area contributed by atoms with Gasteiger partial charge in [-0.15, -0.1) is 0 Å². The van der Waals surface area contributed by atoms with E-state index < -0.39 is 65.0 Å². The van der Waals surface area contributed by atoms with Gasteiger partial charge in [0.1, 0.15) is 16.5 Å². The quantitative estimate of drug-likeness (QED) is 0.326. The summed E-state index contributed by atoms with van der Waals surface area (Å²) in [5.41, 5.74) is -0.584. The van der Waals surface area contributed by atoms with Gasteiger partial charge in [-0.25, -0.2) is 8.78 Å². The number of anilines is 1. The highest BCUT2D eigenvalue weighted by Crippen LogP contribution is 2.30. The molecule has 15 heteroatoms. The molecule has 1 unspecified atom stereocenters. The summed E-state index contributed by atoms with van der Waals surface area (Å²) < 4.78 is 66.1. The van der Waals surface area contributed by atoms with Gasteiger partial charge in [-0.3, -0.25) is 14.4 Å². The Bertz CT molecular complexity index is 1080. The number of likely N-dealkylation sites (tertiary alicyclic amines) is 1. The van der Waals surface area contributed by atoms with Crippen LogP contribution >= 0.6 is 11.6 Å². The number of aromatic amines is 1. The second kappa shape index (κ2) is 9.91. The zero-order valence-electron chi connectivity index (χ0n) is 17.4. The minimum Gasteiger partial charge on any atom is -0.339 e. The Hall–Kier alpha value is -3.29. The Morgan fingerprint density at radius 1 is 1.29 bits per heavy atom. The number of carbonyl (C=O) groups excluding carboxylic acids is 3. The maximum Gasteiger partial charge on any atom is 0.391 e. The third-order valence-corrected chi connectivity index (χ3v) is 5.72. The molecule has 1 aromatic heterocycles. The van der Waals surface area contributed by atoms with Gasteiger partial charge in [0.15, 0.2) is 5.82 Å². The lowest BCUT2D eigenvalue weighted by atomic mass is 10.0. The summed E-state index contributed by atoms with van der Waals surface area (Å²) in [4.78, 5) is 38.7. The molecule has 1 saturated heterocycles. The van der Waals surface area contributed by atoms with Crippen LogP contribution in [-0.4, -0.2) is 56.8 Å². The van der Waals surface area contributed by atoms with Crippen LogP contribution in [0.4, 0.5) is 27.6 Å². The van der Waals surface area contributed by atoms with Crippen molar-refractivity contribution in [2.75, 3.05) is 11.9 Å². The number of carbonyl (C=O) groups is 3. The normalized spacial score (nSPS) is 19.1. The molecule has 3 rings (SSSR count). The highest BCUT2D eigenvalue weighted by molar-refractivity contribution is 6.35. The van der Waals surface area contributed by atoms with Crippen molar-refractivity contribution in [2.45, 2.75) is 38.0 Å². The van der Waals surface area contributed by atoms with Crippen molar-refractivity contribution >= 4 is 35.0 Å². The van der Waals surface area contributed by atoms with Crippen LogP contribution in [0.1, 0.15) is 31.5 Å². The van der Waals surface area contributed by atoms with Crippen LogP contribution in [-0.2, 0) is 14.4 Å². The first-order chi connectivity index (χ1) is 15.9. The molecule has 0 saturated carbocycles. The Morgan fingerprint density at radius 2 is 2.00 bits per heavy atom. The van der Waals surface area contributed by atoms with Gasteiger partial charge in [-0.1, -0.05) is 11.6 Å². The van der Waals surface area contributed by atoms with Crippen molar-refractivity contribution in [2.24, 2.45) is 5.92 Å². The van der Waals surface area contributed by atoms with Crippen molar-refractivity contribution in [1.82, 2.24) is 25.6 Å². The highest BCUT2D eigenvalue weighted by Gasteiger charge is 2.42. The summed E-state index contributed by atoms with van der Waals surface area (Å²) in [6.45, 7) is 1.41. The number of hydrogen-bond donors (Lipinski definition) is 3. The van der Waals surface area contributed by atoms with Crippen LogP contribution in [0.5, 0.6) is 0 Å². The fourth-order valence-electron chi connectivity index (χ4n) is 3.61. The third kappa shape index (κ3) is 5.61. The van der Waals surface area contributed by atoms with Crippen molar-refractivity contribution in [1.29, 1.82) is 0 Å². The van der Waals surface area contributed by atoms with Gasteiger partial charge in [0.2, 0.25) is 5.91 Å². The van der Waals surface area contributed by atoms with E-state index >= 15 is 0 Å². The molecule has 3 N–H and O–H groups in total. The lowest BCUT2D eigenvalue weighted by Crippen LogP contribution is -2.47. The van der Waals surface area contributed by atoms with E-state index in [-0.39, 0.29) is 24.3 Å². The molecule has 2 heterocycles. The molecular formula is C19H18ClF5N6O3. The first-order valence-electron chi connectivity index (χ1n) is 9.87. The molecule has 3 amide bonds. The zero-order valence-corrected chi connectivity index (χ0v) is 18.2. The molecule has 9 nitrogen and oxygen atoms in total. The van der Waals surface area contributed by atoms with Crippen molar-refractivity contribution in [3.63, 3.8) is 0 Å². The molecule has 3 atom stereocenters. The average molecular weight is 509 g/mol. The van der Waals surface area contributed by atoms with Crippen LogP contribution in [0.2, 0.25) is 5.02 Å². The predicted octanol–water partition coefficient (Wildman–Crippen LogP) is 2.72. The van der Waals surface area contributed by atoms with Gasteiger partial charge in [-0.2, -0.15) is 28.6 Å². The number of benzene rings is 1. The first kappa shape index (κ1) is 25.3. The van der Waals surface area contributed by atoms with Crippen molar-refractivity contribution in [3.8, 4) is 0 Å². The molecule has 1 aromatic carbocycles. The molecule has 0 bridgehead atoms. The smallest absolute Gasteiger partial charge is 0.339 e. The largest absolute Gasteiger partial charge is 0.391 e. The summed E-state index contributed by atoms with van der Waals surface area (Å²) in [5, 5.41) is 12.5. The summed E-state index contributed by atoms with van der Waals surface area (Å²) in [6.07, 6.45) is -5.06. The Morgan fingerprint density at radius 3 is 2.62 bits per heavy atom. The molecule has 0 spiro atoms. The molecule has 184 valence electrons. The van der Waals surface area contributed by atoms with Gasteiger partial charge in [0, 0.05) is 12.6 Å². The molecular weight excluding hydrogens is 491 g/mol. The monoisotopic (exact) mass is 508 g/mol. The number of aromatic nitrogens is 3. The number of amides is 3. The SMILES string of the molecule is C[C@H]1[C@@H](C(=O)Nc2ccc(F)c(Cl)c2F)CCN1C(=O)C(=O)NC(CC(F)(F)F)c1cn[nH]n1. The number of alkyl halides is 3. The third-order valence-electron chi connectivity index (χ3n) is 5.37. The van der Waals surface area contributed by atoms with E-state index in [9.17, 15) is 36.3 Å². The molecule has 1 aliphatic rings. The number of H-pyrrole nitrogens is 1. The van der Waals surface area contributed by atoms with E-state index in [0.29, 0.717) is 0 Å². The van der Waals surface area contributed by atoms with Gasteiger partial charge < -0.3 is 15.5 Å². The maximum atomic E-state index is 14.1. The molecule has 2 aromatic rings. The summed E-state index contributed by atoms with van der Waals surface area (Å²) in [5.74, 6) is -6.22. The van der Waals surface area contributed by atoms with E-state index in [0.717, 1.165) is 23.2 Å². The Kier molecular flexibility index (Phi) is 7.38. The van der Waals surface area contributed by atoms with Crippen LogP contribution in [0.15, 0.2) is 18.3 Å².